The first-order chi connectivity index (χ1) is 7.99. The summed E-state index contributed by atoms with van der Waals surface area (Å²) in [6.07, 6.45) is 0.205. The average molecular weight is 242 g/mol. The first-order valence-corrected chi connectivity index (χ1v) is 5.89. The third-order valence-corrected chi connectivity index (χ3v) is 3.59. The molecule has 2 saturated heterocycles. The second kappa shape index (κ2) is 4.62. The van der Waals surface area contributed by atoms with Gasteiger partial charge in [0.1, 0.15) is 6.04 Å². The fourth-order valence-electron chi connectivity index (χ4n) is 2.66. The summed E-state index contributed by atoms with van der Waals surface area (Å²) >= 11 is 0. The number of hydrogen-bond acceptors (Lipinski definition) is 4. The Morgan fingerprint density at radius 2 is 2.00 bits per heavy atom. The summed E-state index contributed by atoms with van der Waals surface area (Å²) in [6.45, 7) is 1.69. The smallest absolute Gasteiger partial charge is 0.326 e. The zero-order valence-electron chi connectivity index (χ0n) is 9.87. The Hall–Kier alpha value is -1.14. The molecule has 0 aromatic heterocycles. The van der Waals surface area contributed by atoms with Crippen LogP contribution in [0.1, 0.15) is 12.8 Å². The number of likely N-dealkylation sites (tertiary alicyclic amines) is 2. The van der Waals surface area contributed by atoms with Gasteiger partial charge in [0.15, 0.2) is 0 Å². The van der Waals surface area contributed by atoms with Crippen molar-refractivity contribution in [1.29, 1.82) is 0 Å². The first-order valence-electron chi connectivity index (χ1n) is 5.89. The Kier molecular flexibility index (Phi) is 3.35. The van der Waals surface area contributed by atoms with Crippen molar-refractivity contribution in [3.8, 4) is 0 Å². The van der Waals surface area contributed by atoms with Crippen LogP contribution in [0.25, 0.3) is 0 Å². The number of β-amino-alcohol motifs (C(OH)–C–C–N with tert-alkyl or cyclic N) is 1. The zero-order chi connectivity index (χ0) is 12.6. The van der Waals surface area contributed by atoms with Gasteiger partial charge in [0.05, 0.1) is 12.0 Å². The second-order valence-electron chi connectivity index (χ2n) is 4.98. The van der Waals surface area contributed by atoms with Gasteiger partial charge in [-0.25, -0.2) is 4.79 Å². The molecule has 0 saturated carbocycles. The van der Waals surface area contributed by atoms with E-state index in [1.54, 1.807) is 0 Å². The molecule has 2 fully saturated rings. The van der Waals surface area contributed by atoms with Crippen LogP contribution in [-0.2, 0) is 9.59 Å². The number of hydrogen-bond donors (Lipinski definition) is 2. The van der Waals surface area contributed by atoms with E-state index in [4.69, 9.17) is 5.11 Å². The summed E-state index contributed by atoms with van der Waals surface area (Å²) in [4.78, 5) is 26.6. The van der Waals surface area contributed by atoms with Gasteiger partial charge in [0.25, 0.3) is 0 Å². The number of carbonyl (C=O) groups is 2. The van der Waals surface area contributed by atoms with Crippen molar-refractivity contribution in [2.24, 2.45) is 5.92 Å². The Bertz CT molecular complexity index is 333. The van der Waals surface area contributed by atoms with Crippen molar-refractivity contribution in [2.75, 3.05) is 26.7 Å². The van der Waals surface area contributed by atoms with Crippen molar-refractivity contribution in [2.45, 2.75) is 25.0 Å². The minimum Gasteiger partial charge on any atom is -0.480 e. The molecular weight excluding hydrogens is 224 g/mol. The van der Waals surface area contributed by atoms with Crippen molar-refractivity contribution >= 4 is 11.9 Å². The minimum atomic E-state index is -1.03. The topological polar surface area (TPSA) is 81.1 Å². The molecule has 0 aromatic carbocycles. The molecule has 6 heteroatoms. The van der Waals surface area contributed by atoms with Gasteiger partial charge in [-0.15, -0.1) is 0 Å². The number of nitrogens with zero attached hydrogens (tertiary/aromatic N) is 2. The molecule has 0 bridgehead atoms. The molecule has 2 heterocycles. The van der Waals surface area contributed by atoms with E-state index in [2.05, 4.69) is 4.90 Å². The summed E-state index contributed by atoms with van der Waals surface area (Å²) < 4.78 is 0. The second-order valence-corrected chi connectivity index (χ2v) is 4.98. The molecule has 2 rings (SSSR count). The van der Waals surface area contributed by atoms with E-state index < -0.39 is 18.1 Å². The maximum atomic E-state index is 12.2. The first kappa shape index (κ1) is 12.3. The highest BCUT2D eigenvalue weighted by atomic mass is 16.4. The summed E-state index contributed by atoms with van der Waals surface area (Å²) in [5.74, 6) is -1.27. The van der Waals surface area contributed by atoms with Crippen LogP contribution in [0.15, 0.2) is 0 Å². The lowest BCUT2D eigenvalue weighted by molar-refractivity contribution is -0.149. The van der Waals surface area contributed by atoms with Crippen LogP contribution in [-0.4, -0.2) is 70.7 Å². The van der Waals surface area contributed by atoms with E-state index >= 15 is 0 Å². The van der Waals surface area contributed by atoms with Crippen LogP contribution < -0.4 is 0 Å². The maximum absolute atomic E-state index is 12.2. The molecular formula is C11H18N2O4. The number of carbonyl (C=O) groups excluding carboxylic acids is 1. The van der Waals surface area contributed by atoms with Crippen molar-refractivity contribution in [3.63, 3.8) is 0 Å². The highest BCUT2D eigenvalue weighted by Gasteiger charge is 2.42. The summed E-state index contributed by atoms with van der Waals surface area (Å²) in [5.41, 5.74) is 0. The van der Waals surface area contributed by atoms with Crippen LogP contribution in [0.2, 0.25) is 0 Å². The van der Waals surface area contributed by atoms with Gasteiger partial charge in [-0.2, -0.15) is 0 Å². The van der Waals surface area contributed by atoms with Crippen LogP contribution in [0.5, 0.6) is 0 Å². The molecule has 96 valence electrons. The molecule has 6 nitrogen and oxygen atoms in total. The molecule has 2 aliphatic rings. The van der Waals surface area contributed by atoms with Crippen LogP contribution in [0.4, 0.5) is 0 Å². The number of carboxylic acids is 1. The highest BCUT2D eigenvalue weighted by molar-refractivity contribution is 5.86. The molecule has 2 N–H and O–H groups in total. The van der Waals surface area contributed by atoms with E-state index in [0.29, 0.717) is 6.54 Å². The van der Waals surface area contributed by atoms with Crippen molar-refractivity contribution < 1.29 is 19.8 Å². The third kappa shape index (κ3) is 2.42. The number of aliphatic hydroxyl groups is 1. The minimum absolute atomic E-state index is 0.118. The van der Waals surface area contributed by atoms with Crippen LogP contribution in [0.3, 0.4) is 0 Å². The number of amides is 1. The Labute approximate surface area is 99.8 Å². The predicted octanol–water partition coefficient (Wildman–Crippen LogP) is -1.02. The lowest BCUT2D eigenvalue weighted by Crippen LogP contribution is -2.44. The van der Waals surface area contributed by atoms with Gasteiger partial charge in [0.2, 0.25) is 5.91 Å². The lowest BCUT2D eigenvalue weighted by atomic mass is 10.1. The normalized spacial score (nSPS) is 34.2. The molecule has 0 spiro atoms. The van der Waals surface area contributed by atoms with Crippen LogP contribution >= 0.6 is 0 Å². The van der Waals surface area contributed by atoms with Crippen molar-refractivity contribution in [3.05, 3.63) is 0 Å². The zero-order valence-corrected chi connectivity index (χ0v) is 9.87. The van der Waals surface area contributed by atoms with Gasteiger partial charge in [-0.1, -0.05) is 0 Å². The predicted molar refractivity (Wildman–Crippen MR) is 59.4 cm³/mol. The molecule has 1 unspecified atom stereocenters. The largest absolute Gasteiger partial charge is 0.480 e. The summed E-state index contributed by atoms with van der Waals surface area (Å²) in [6, 6.07) is -0.858. The summed E-state index contributed by atoms with van der Waals surface area (Å²) in [5, 5.41) is 18.5. The maximum Gasteiger partial charge on any atom is 0.326 e. The summed E-state index contributed by atoms with van der Waals surface area (Å²) in [7, 11) is 1.95. The van der Waals surface area contributed by atoms with Gasteiger partial charge in [0, 0.05) is 19.5 Å². The number of aliphatic carboxylic acids is 1. The van der Waals surface area contributed by atoms with E-state index in [9.17, 15) is 14.7 Å². The number of carboxylic acid groups (broad SMARTS) is 1. The Balaban J connectivity index is 2.05. The molecule has 0 aromatic rings. The van der Waals surface area contributed by atoms with Gasteiger partial charge < -0.3 is 20.0 Å². The van der Waals surface area contributed by atoms with E-state index in [0.717, 1.165) is 13.0 Å². The highest BCUT2D eigenvalue weighted by Crippen LogP contribution is 2.24. The van der Waals surface area contributed by atoms with E-state index in [1.165, 1.54) is 4.90 Å². The quantitative estimate of drug-likeness (QED) is 0.648. The Morgan fingerprint density at radius 3 is 2.53 bits per heavy atom. The lowest BCUT2D eigenvalue weighted by Gasteiger charge is -2.24. The monoisotopic (exact) mass is 242 g/mol. The van der Waals surface area contributed by atoms with Gasteiger partial charge >= 0.3 is 5.97 Å². The standard InChI is InChI=1S/C11H18N2O4/c1-12-3-2-7(5-12)10(15)13-6-8(14)4-9(13)11(16)17/h7-9,14H,2-6H2,1H3,(H,16,17)/t7?,8-,9-/m0/s1. The average Bonchev–Trinajstić information content (AvgIpc) is 2.83. The molecule has 1 amide bonds. The van der Waals surface area contributed by atoms with Crippen molar-refractivity contribution in [1.82, 2.24) is 9.80 Å². The third-order valence-electron chi connectivity index (χ3n) is 3.59. The number of aliphatic hydroxyl groups excluding tert-OH is 1. The van der Waals surface area contributed by atoms with Gasteiger partial charge in [-0.05, 0) is 20.0 Å². The Morgan fingerprint density at radius 1 is 1.29 bits per heavy atom. The van der Waals surface area contributed by atoms with E-state index in [-0.39, 0.29) is 24.8 Å². The molecule has 0 radical (unpaired) electrons. The number of rotatable bonds is 2. The fraction of sp³-hybridized carbons (Fsp3) is 0.818. The fourth-order valence-corrected chi connectivity index (χ4v) is 2.66. The van der Waals surface area contributed by atoms with Gasteiger partial charge in [-0.3, -0.25) is 4.79 Å². The molecule has 17 heavy (non-hydrogen) atoms. The molecule has 3 atom stereocenters. The molecule has 2 aliphatic heterocycles. The SMILES string of the molecule is CN1CCC(C(=O)N2C[C@@H](O)C[C@H]2C(=O)O)C1. The molecule has 0 aliphatic carbocycles. The van der Waals surface area contributed by atoms with Crippen LogP contribution in [0, 0.1) is 5.92 Å². The van der Waals surface area contributed by atoms with E-state index in [1.807, 2.05) is 7.05 Å².